The van der Waals surface area contributed by atoms with Crippen LogP contribution < -0.4 is 5.32 Å². The lowest BCUT2D eigenvalue weighted by Gasteiger charge is -2.39. The van der Waals surface area contributed by atoms with Crippen molar-refractivity contribution >= 4 is 23.2 Å². The Morgan fingerprint density at radius 1 is 1.21 bits per heavy atom. The van der Waals surface area contributed by atoms with Crippen LogP contribution in [0.15, 0.2) is 41.1 Å². The van der Waals surface area contributed by atoms with Crippen molar-refractivity contribution in [3.63, 3.8) is 0 Å². The molecule has 0 radical (unpaired) electrons. The van der Waals surface area contributed by atoms with Crippen molar-refractivity contribution in [2.24, 2.45) is 0 Å². The fourth-order valence-electron chi connectivity index (χ4n) is 3.02. The van der Waals surface area contributed by atoms with Gasteiger partial charge in [-0.3, -0.25) is 14.5 Å². The van der Waals surface area contributed by atoms with Crippen LogP contribution in [0.1, 0.15) is 32.3 Å². The van der Waals surface area contributed by atoms with Crippen molar-refractivity contribution in [2.45, 2.75) is 6.04 Å². The van der Waals surface area contributed by atoms with Crippen LogP contribution in [-0.2, 0) is 0 Å². The Labute approximate surface area is 145 Å². The molecular formula is C18H21N3O2S. The summed E-state index contributed by atoms with van der Waals surface area (Å²) in [5, 5.41) is 6.47. The maximum atomic E-state index is 12.6. The third-order valence-electron chi connectivity index (χ3n) is 4.46. The van der Waals surface area contributed by atoms with Gasteiger partial charge in [0.2, 0.25) is 0 Å². The summed E-state index contributed by atoms with van der Waals surface area (Å²) in [4.78, 5) is 28.6. The zero-order chi connectivity index (χ0) is 17.1. The summed E-state index contributed by atoms with van der Waals surface area (Å²) in [7, 11) is 3.69. The summed E-state index contributed by atoms with van der Waals surface area (Å²) in [6.45, 7) is 2.16. The van der Waals surface area contributed by atoms with E-state index in [2.05, 4.69) is 17.3 Å². The van der Waals surface area contributed by atoms with Crippen LogP contribution >= 0.6 is 11.3 Å². The fourth-order valence-corrected chi connectivity index (χ4v) is 3.65. The van der Waals surface area contributed by atoms with E-state index in [9.17, 15) is 9.59 Å². The number of carbonyl (C=O) groups excluding carboxylic acids is 2. The van der Waals surface area contributed by atoms with Gasteiger partial charge >= 0.3 is 0 Å². The second-order valence-electron chi connectivity index (χ2n) is 5.96. The molecule has 0 aliphatic carbocycles. The second kappa shape index (κ2) is 7.15. The topological polar surface area (TPSA) is 52.7 Å². The van der Waals surface area contributed by atoms with E-state index >= 15 is 0 Å². The molecule has 2 aromatic rings. The standard InChI is InChI=1S/C18H21N3O2S/c1-19-17(22)14-5-3-4-13(10-14)16-11-21(8-7-20(16)2)18(23)15-6-9-24-12-15/h3-6,9-10,12,16H,7-8,11H2,1-2H3,(H,19,22)/t16-/m0/s1. The molecule has 0 bridgehead atoms. The van der Waals surface area contributed by atoms with Gasteiger partial charge in [-0.05, 0) is 36.2 Å². The number of carbonyl (C=O) groups is 2. The first kappa shape index (κ1) is 16.7. The number of hydrogen-bond acceptors (Lipinski definition) is 4. The highest BCUT2D eigenvalue weighted by atomic mass is 32.1. The number of thiophene rings is 1. The van der Waals surface area contributed by atoms with E-state index in [4.69, 9.17) is 0 Å². The second-order valence-corrected chi connectivity index (χ2v) is 6.74. The van der Waals surface area contributed by atoms with Gasteiger partial charge < -0.3 is 10.2 Å². The molecule has 1 aliphatic heterocycles. The van der Waals surface area contributed by atoms with Crippen LogP contribution in [0.2, 0.25) is 0 Å². The molecule has 1 aromatic heterocycles. The third-order valence-corrected chi connectivity index (χ3v) is 5.15. The zero-order valence-electron chi connectivity index (χ0n) is 13.9. The third kappa shape index (κ3) is 3.34. The Morgan fingerprint density at radius 3 is 2.75 bits per heavy atom. The number of amides is 2. The Kier molecular flexibility index (Phi) is 4.97. The summed E-state index contributed by atoms with van der Waals surface area (Å²) in [5.41, 5.74) is 2.45. The van der Waals surface area contributed by atoms with E-state index in [1.807, 2.05) is 39.9 Å². The molecule has 2 heterocycles. The van der Waals surface area contributed by atoms with E-state index in [-0.39, 0.29) is 17.9 Å². The zero-order valence-corrected chi connectivity index (χ0v) is 14.7. The average molecular weight is 343 g/mol. The van der Waals surface area contributed by atoms with Gasteiger partial charge in [-0.25, -0.2) is 0 Å². The van der Waals surface area contributed by atoms with Crippen LogP contribution in [-0.4, -0.2) is 55.3 Å². The monoisotopic (exact) mass is 343 g/mol. The first-order valence-electron chi connectivity index (χ1n) is 7.94. The lowest BCUT2D eigenvalue weighted by atomic mass is 10.00. The summed E-state index contributed by atoms with van der Waals surface area (Å²) >= 11 is 1.53. The maximum absolute atomic E-state index is 12.6. The number of nitrogens with zero attached hydrogens (tertiary/aromatic N) is 2. The van der Waals surface area contributed by atoms with Gasteiger partial charge in [0, 0.05) is 37.6 Å². The first-order chi connectivity index (χ1) is 11.6. The van der Waals surface area contributed by atoms with Gasteiger partial charge in [-0.15, -0.1) is 0 Å². The first-order valence-corrected chi connectivity index (χ1v) is 8.88. The van der Waals surface area contributed by atoms with Crippen molar-refractivity contribution in [2.75, 3.05) is 33.7 Å². The highest BCUT2D eigenvalue weighted by Gasteiger charge is 2.29. The lowest BCUT2D eigenvalue weighted by Crippen LogP contribution is -2.49. The van der Waals surface area contributed by atoms with Crippen molar-refractivity contribution in [1.82, 2.24) is 15.1 Å². The van der Waals surface area contributed by atoms with Crippen LogP contribution in [0.3, 0.4) is 0 Å². The molecule has 1 atom stereocenters. The molecule has 0 spiro atoms. The summed E-state index contributed by atoms with van der Waals surface area (Å²) in [5.74, 6) is -0.0154. The molecule has 126 valence electrons. The minimum absolute atomic E-state index is 0.0804. The Morgan fingerprint density at radius 2 is 2.04 bits per heavy atom. The van der Waals surface area contributed by atoms with Crippen LogP contribution in [0.5, 0.6) is 0 Å². The molecule has 2 amide bonds. The summed E-state index contributed by atoms with van der Waals surface area (Å²) in [6.07, 6.45) is 0. The number of likely N-dealkylation sites (N-methyl/N-ethyl adjacent to an activating group) is 1. The fraction of sp³-hybridized carbons (Fsp3) is 0.333. The molecular weight excluding hydrogens is 322 g/mol. The van der Waals surface area contributed by atoms with Crippen LogP contribution in [0, 0.1) is 0 Å². The van der Waals surface area contributed by atoms with Crippen LogP contribution in [0.4, 0.5) is 0 Å². The van der Waals surface area contributed by atoms with E-state index < -0.39 is 0 Å². The highest BCUT2D eigenvalue weighted by molar-refractivity contribution is 7.08. The molecule has 6 heteroatoms. The molecule has 1 aliphatic rings. The molecule has 1 fully saturated rings. The molecule has 0 unspecified atom stereocenters. The van der Waals surface area contributed by atoms with E-state index in [0.29, 0.717) is 12.1 Å². The Balaban J connectivity index is 1.81. The van der Waals surface area contributed by atoms with E-state index in [1.165, 1.54) is 11.3 Å². The number of benzene rings is 1. The van der Waals surface area contributed by atoms with Crippen molar-refractivity contribution in [3.8, 4) is 0 Å². The van der Waals surface area contributed by atoms with Gasteiger partial charge in [0.05, 0.1) is 11.6 Å². The SMILES string of the molecule is CNC(=O)c1cccc([C@@H]2CN(C(=O)c3ccsc3)CCN2C)c1. The average Bonchev–Trinajstić information content (AvgIpc) is 3.15. The quantitative estimate of drug-likeness (QED) is 0.930. The number of rotatable bonds is 3. The molecule has 24 heavy (non-hydrogen) atoms. The van der Waals surface area contributed by atoms with Gasteiger partial charge in [-0.2, -0.15) is 11.3 Å². The Hall–Kier alpha value is -2.18. The number of hydrogen-bond donors (Lipinski definition) is 1. The molecule has 0 saturated carbocycles. The summed E-state index contributed by atoms with van der Waals surface area (Å²) in [6, 6.07) is 9.59. The van der Waals surface area contributed by atoms with E-state index in [0.717, 1.165) is 24.2 Å². The smallest absolute Gasteiger partial charge is 0.254 e. The van der Waals surface area contributed by atoms with Crippen molar-refractivity contribution in [1.29, 1.82) is 0 Å². The summed E-state index contributed by atoms with van der Waals surface area (Å²) < 4.78 is 0. The normalized spacial score (nSPS) is 18.4. The van der Waals surface area contributed by atoms with Gasteiger partial charge in [-0.1, -0.05) is 12.1 Å². The van der Waals surface area contributed by atoms with Crippen molar-refractivity contribution < 1.29 is 9.59 Å². The Bertz CT molecular complexity index is 730. The van der Waals surface area contributed by atoms with Crippen LogP contribution in [0.25, 0.3) is 0 Å². The van der Waals surface area contributed by atoms with Gasteiger partial charge in [0.1, 0.15) is 0 Å². The minimum atomic E-state index is -0.0958. The maximum Gasteiger partial charge on any atom is 0.254 e. The number of nitrogens with one attached hydrogen (secondary N) is 1. The highest BCUT2D eigenvalue weighted by Crippen LogP contribution is 2.26. The van der Waals surface area contributed by atoms with Gasteiger partial charge in [0.25, 0.3) is 11.8 Å². The van der Waals surface area contributed by atoms with E-state index in [1.54, 1.807) is 13.1 Å². The number of piperazine rings is 1. The largest absolute Gasteiger partial charge is 0.355 e. The molecule has 1 saturated heterocycles. The molecule has 1 N–H and O–H groups in total. The predicted octanol–water partition coefficient (Wildman–Crippen LogP) is 2.24. The molecule has 3 rings (SSSR count). The lowest BCUT2D eigenvalue weighted by molar-refractivity contribution is 0.0546. The van der Waals surface area contributed by atoms with Gasteiger partial charge in [0.15, 0.2) is 0 Å². The van der Waals surface area contributed by atoms with Crippen molar-refractivity contribution in [3.05, 3.63) is 57.8 Å². The minimum Gasteiger partial charge on any atom is -0.355 e. The molecule has 1 aromatic carbocycles. The molecule has 5 nitrogen and oxygen atoms in total. The predicted molar refractivity (Wildman–Crippen MR) is 95.4 cm³/mol.